The van der Waals surface area contributed by atoms with E-state index in [2.05, 4.69) is 5.16 Å². The Morgan fingerprint density at radius 2 is 1.95 bits per heavy atom. The number of hydrogen-bond acceptors (Lipinski definition) is 4. The first-order chi connectivity index (χ1) is 10.4. The van der Waals surface area contributed by atoms with Crippen molar-refractivity contribution < 1.29 is 13.5 Å². The zero-order chi connectivity index (χ0) is 16.3. The normalized spacial score (nSPS) is 13.6. The van der Waals surface area contributed by atoms with Gasteiger partial charge in [-0.1, -0.05) is 23.4 Å². The Balaban J connectivity index is 2.09. The van der Waals surface area contributed by atoms with Crippen LogP contribution in [0.15, 0.2) is 34.9 Å². The summed E-state index contributed by atoms with van der Waals surface area (Å²) in [5, 5.41) is 3.25. The van der Waals surface area contributed by atoms with Crippen molar-refractivity contribution in [3.8, 4) is 0 Å². The number of nitrogens with zero attached hydrogens (tertiary/aromatic N) is 2. The van der Waals surface area contributed by atoms with Crippen molar-refractivity contribution in [1.29, 1.82) is 0 Å². The van der Waals surface area contributed by atoms with Gasteiger partial charge in [0.1, 0.15) is 11.0 Å². The maximum atomic E-state index is 12.5. The Bertz CT molecular complexity index is 662. The average molecular weight is 320 g/mol. The zero-order valence-corrected chi connectivity index (χ0v) is 14.0. The second kappa shape index (κ2) is 6.87. The Hall–Kier alpha value is -1.95. The predicted octanol–water partition coefficient (Wildman–Crippen LogP) is 2.59. The second-order valence-corrected chi connectivity index (χ2v) is 6.96. The van der Waals surface area contributed by atoms with Gasteiger partial charge in [0.05, 0.1) is 11.4 Å². The average Bonchev–Trinajstić information content (AvgIpc) is 2.85. The summed E-state index contributed by atoms with van der Waals surface area (Å²) in [6.07, 6.45) is 0. The minimum absolute atomic E-state index is 0.170. The molecule has 0 saturated heterocycles. The highest BCUT2D eigenvalue weighted by Crippen LogP contribution is 2.18. The standard InChI is InChI=1S/C16H20N2O3S/c1-11-15(12(2)21-17-11)10-22(20)13(3)16(19)18(4)14-8-6-5-7-9-14/h5-9,13H,10H2,1-4H3/t13-,22-/m0/s1. The highest BCUT2D eigenvalue weighted by Gasteiger charge is 2.25. The smallest absolute Gasteiger partial charge is 0.242 e. The molecule has 2 rings (SSSR count). The number of carbonyl (C=O) groups is 1. The van der Waals surface area contributed by atoms with E-state index in [1.807, 2.05) is 37.3 Å². The molecule has 2 aromatic rings. The van der Waals surface area contributed by atoms with Crippen molar-refractivity contribution in [1.82, 2.24) is 5.16 Å². The van der Waals surface area contributed by atoms with Crippen molar-refractivity contribution in [2.75, 3.05) is 11.9 Å². The van der Waals surface area contributed by atoms with E-state index in [1.165, 1.54) is 4.90 Å². The van der Waals surface area contributed by atoms with Gasteiger partial charge in [0.15, 0.2) is 0 Å². The Morgan fingerprint density at radius 3 is 2.50 bits per heavy atom. The lowest BCUT2D eigenvalue weighted by Crippen LogP contribution is -2.37. The molecule has 6 heteroatoms. The lowest BCUT2D eigenvalue weighted by atomic mass is 10.2. The molecule has 0 saturated carbocycles. The molecule has 0 spiro atoms. The van der Waals surface area contributed by atoms with Crippen LogP contribution in [0, 0.1) is 13.8 Å². The van der Waals surface area contributed by atoms with Crippen LogP contribution in [0.2, 0.25) is 0 Å². The summed E-state index contributed by atoms with van der Waals surface area (Å²) < 4.78 is 17.6. The number of para-hydroxylation sites is 1. The maximum absolute atomic E-state index is 12.5. The Kier molecular flexibility index (Phi) is 5.13. The van der Waals surface area contributed by atoms with E-state index in [4.69, 9.17) is 4.52 Å². The fraction of sp³-hybridized carbons (Fsp3) is 0.375. The van der Waals surface area contributed by atoms with Crippen LogP contribution in [0.5, 0.6) is 0 Å². The molecule has 1 amide bonds. The minimum atomic E-state index is -1.33. The van der Waals surface area contributed by atoms with Gasteiger partial charge in [0.25, 0.3) is 0 Å². The largest absolute Gasteiger partial charge is 0.361 e. The van der Waals surface area contributed by atoms with Crippen LogP contribution >= 0.6 is 0 Å². The third-order valence-corrected chi connectivity index (χ3v) is 5.25. The van der Waals surface area contributed by atoms with Crippen molar-refractivity contribution in [2.45, 2.75) is 31.8 Å². The van der Waals surface area contributed by atoms with Gasteiger partial charge >= 0.3 is 0 Å². The van der Waals surface area contributed by atoms with E-state index in [9.17, 15) is 9.00 Å². The van der Waals surface area contributed by atoms with Gasteiger partial charge in [-0.15, -0.1) is 0 Å². The van der Waals surface area contributed by atoms with Gasteiger partial charge < -0.3 is 9.42 Å². The number of aromatic nitrogens is 1. The molecule has 0 radical (unpaired) electrons. The van der Waals surface area contributed by atoms with Crippen LogP contribution < -0.4 is 4.90 Å². The molecule has 22 heavy (non-hydrogen) atoms. The zero-order valence-electron chi connectivity index (χ0n) is 13.2. The number of benzene rings is 1. The fourth-order valence-electron chi connectivity index (χ4n) is 2.14. The van der Waals surface area contributed by atoms with E-state index in [0.717, 1.165) is 16.9 Å². The van der Waals surface area contributed by atoms with E-state index in [0.29, 0.717) is 5.76 Å². The summed E-state index contributed by atoms with van der Waals surface area (Å²) in [4.78, 5) is 14.0. The molecule has 0 fully saturated rings. The van der Waals surface area contributed by atoms with Crippen LogP contribution in [0.4, 0.5) is 5.69 Å². The third-order valence-electron chi connectivity index (χ3n) is 3.68. The number of amides is 1. The summed E-state index contributed by atoms with van der Waals surface area (Å²) in [6, 6.07) is 9.32. The molecule has 118 valence electrons. The number of rotatable bonds is 5. The minimum Gasteiger partial charge on any atom is -0.361 e. The summed E-state index contributed by atoms with van der Waals surface area (Å²) in [6.45, 7) is 5.29. The van der Waals surface area contributed by atoms with Crippen LogP contribution in [-0.2, 0) is 21.3 Å². The molecule has 0 bridgehead atoms. The van der Waals surface area contributed by atoms with E-state index in [1.54, 1.807) is 20.9 Å². The molecule has 0 aliphatic carbocycles. The van der Waals surface area contributed by atoms with Crippen molar-refractivity contribution >= 4 is 22.4 Å². The molecule has 2 atom stereocenters. The quantitative estimate of drug-likeness (QED) is 0.849. The third kappa shape index (κ3) is 3.44. The first-order valence-electron chi connectivity index (χ1n) is 7.03. The lowest BCUT2D eigenvalue weighted by Gasteiger charge is -2.21. The molecular formula is C16H20N2O3S. The van der Waals surface area contributed by atoms with Crippen molar-refractivity contribution in [3.05, 3.63) is 47.3 Å². The Morgan fingerprint density at radius 1 is 1.32 bits per heavy atom. The van der Waals surface area contributed by atoms with Gasteiger partial charge in [-0.25, -0.2) is 0 Å². The first kappa shape index (κ1) is 16.4. The number of aryl methyl sites for hydroxylation is 2. The molecule has 1 aromatic heterocycles. The summed E-state index contributed by atoms with van der Waals surface area (Å²) in [5.74, 6) is 0.759. The highest BCUT2D eigenvalue weighted by molar-refractivity contribution is 7.85. The van der Waals surface area contributed by atoms with E-state index >= 15 is 0 Å². The van der Waals surface area contributed by atoms with Crippen LogP contribution in [-0.4, -0.2) is 27.6 Å². The molecular weight excluding hydrogens is 300 g/mol. The molecule has 0 N–H and O–H groups in total. The van der Waals surface area contributed by atoms with Gasteiger partial charge in [0, 0.05) is 29.1 Å². The predicted molar refractivity (Wildman–Crippen MR) is 87.1 cm³/mol. The topological polar surface area (TPSA) is 63.4 Å². The van der Waals surface area contributed by atoms with Crippen molar-refractivity contribution in [3.63, 3.8) is 0 Å². The number of carbonyl (C=O) groups excluding carboxylic acids is 1. The second-order valence-electron chi connectivity index (χ2n) is 5.20. The van der Waals surface area contributed by atoms with Gasteiger partial charge in [-0.05, 0) is 32.9 Å². The summed E-state index contributed by atoms with van der Waals surface area (Å²) in [7, 11) is 0.365. The highest BCUT2D eigenvalue weighted by atomic mass is 32.2. The fourth-order valence-corrected chi connectivity index (χ4v) is 3.47. The molecule has 0 aliphatic heterocycles. The SMILES string of the molecule is Cc1noc(C)c1C[S@](=O)[C@@H](C)C(=O)N(C)c1ccccc1. The van der Waals surface area contributed by atoms with E-state index < -0.39 is 16.0 Å². The molecule has 5 nitrogen and oxygen atoms in total. The molecule has 0 aliphatic rings. The number of hydrogen-bond donors (Lipinski definition) is 0. The van der Waals surface area contributed by atoms with E-state index in [-0.39, 0.29) is 11.7 Å². The maximum Gasteiger partial charge on any atom is 0.242 e. The van der Waals surface area contributed by atoms with Gasteiger partial charge in [0.2, 0.25) is 5.91 Å². The van der Waals surface area contributed by atoms with Crippen molar-refractivity contribution in [2.24, 2.45) is 0 Å². The van der Waals surface area contributed by atoms with Gasteiger partial charge in [-0.2, -0.15) is 0 Å². The van der Waals surface area contributed by atoms with Crippen LogP contribution in [0.1, 0.15) is 23.9 Å². The lowest BCUT2D eigenvalue weighted by molar-refractivity contribution is -0.117. The van der Waals surface area contributed by atoms with Gasteiger partial charge in [-0.3, -0.25) is 9.00 Å². The first-order valence-corrected chi connectivity index (χ1v) is 8.41. The number of anilines is 1. The molecule has 1 heterocycles. The summed E-state index contributed by atoms with van der Waals surface area (Å²) in [5.41, 5.74) is 2.33. The molecule has 0 unspecified atom stereocenters. The van der Waals surface area contributed by atoms with Crippen LogP contribution in [0.3, 0.4) is 0 Å². The monoisotopic (exact) mass is 320 g/mol. The molecule has 1 aromatic carbocycles. The Labute approximate surface area is 132 Å². The summed E-state index contributed by atoms with van der Waals surface area (Å²) >= 11 is 0. The van der Waals surface area contributed by atoms with Crippen LogP contribution in [0.25, 0.3) is 0 Å².